The van der Waals surface area contributed by atoms with Gasteiger partial charge in [-0.15, -0.1) is 0 Å². The summed E-state index contributed by atoms with van der Waals surface area (Å²) in [6, 6.07) is 5.98. The number of hydrogen-bond acceptors (Lipinski definition) is 3. The van der Waals surface area contributed by atoms with Gasteiger partial charge in [-0.25, -0.2) is 0 Å². The van der Waals surface area contributed by atoms with Crippen molar-refractivity contribution in [3.8, 4) is 0 Å². The Morgan fingerprint density at radius 2 is 2.14 bits per heavy atom. The molecular weight excluding hydrogens is 266 g/mol. The fraction of sp³-hybridized carbons (Fsp3) is 0.250. The van der Waals surface area contributed by atoms with Crippen LogP contribution in [0.4, 0.5) is 5.69 Å². The SMILES string of the molecule is Cc1ccc2c(CC(=O)Nc3c(C)n[nH]c3C)coc2c1. The predicted molar refractivity (Wildman–Crippen MR) is 81.3 cm³/mol. The zero-order valence-electron chi connectivity index (χ0n) is 12.3. The van der Waals surface area contributed by atoms with Gasteiger partial charge in [-0.3, -0.25) is 9.89 Å². The Morgan fingerprint density at radius 3 is 2.86 bits per heavy atom. The van der Waals surface area contributed by atoms with Gasteiger partial charge in [0, 0.05) is 10.9 Å². The van der Waals surface area contributed by atoms with E-state index in [4.69, 9.17) is 4.42 Å². The molecule has 3 rings (SSSR count). The normalized spacial score (nSPS) is 11.0. The number of amides is 1. The molecule has 0 bridgehead atoms. The van der Waals surface area contributed by atoms with E-state index in [9.17, 15) is 4.79 Å². The Hall–Kier alpha value is -2.56. The minimum Gasteiger partial charge on any atom is -0.464 e. The summed E-state index contributed by atoms with van der Waals surface area (Å²) in [5.41, 5.74) is 5.23. The number of nitrogens with zero attached hydrogens (tertiary/aromatic N) is 1. The Kier molecular flexibility index (Phi) is 3.25. The number of anilines is 1. The van der Waals surface area contributed by atoms with E-state index in [0.29, 0.717) is 0 Å². The highest BCUT2D eigenvalue weighted by Crippen LogP contribution is 2.23. The number of hydrogen-bond donors (Lipinski definition) is 2. The number of aromatic amines is 1. The van der Waals surface area contributed by atoms with Crippen LogP contribution in [0.15, 0.2) is 28.9 Å². The van der Waals surface area contributed by atoms with E-state index in [1.54, 1.807) is 6.26 Å². The highest BCUT2D eigenvalue weighted by molar-refractivity contribution is 5.96. The maximum absolute atomic E-state index is 12.2. The molecule has 0 spiro atoms. The zero-order chi connectivity index (χ0) is 15.0. The third-order valence-corrected chi connectivity index (χ3v) is 3.55. The number of H-pyrrole nitrogens is 1. The van der Waals surface area contributed by atoms with Crippen LogP contribution < -0.4 is 5.32 Å². The van der Waals surface area contributed by atoms with E-state index >= 15 is 0 Å². The molecule has 0 saturated heterocycles. The third-order valence-electron chi connectivity index (χ3n) is 3.55. The molecule has 0 aliphatic heterocycles. The lowest BCUT2D eigenvalue weighted by Crippen LogP contribution is -2.15. The highest BCUT2D eigenvalue weighted by atomic mass is 16.3. The maximum atomic E-state index is 12.2. The molecule has 5 heteroatoms. The molecule has 2 N–H and O–H groups in total. The lowest BCUT2D eigenvalue weighted by Gasteiger charge is -2.04. The summed E-state index contributed by atoms with van der Waals surface area (Å²) < 4.78 is 5.51. The summed E-state index contributed by atoms with van der Waals surface area (Å²) in [5.74, 6) is -0.0779. The number of carbonyl (C=O) groups excluding carboxylic acids is 1. The Bertz CT molecular complexity index is 795. The number of carbonyl (C=O) groups is 1. The first-order valence-corrected chi connectivity index (χ1v) is 6.82. The van der Waals surface area contributed by atoms with Crippen molar-refractivity contribution in [3.05, 3.63) is 47.0 Å². The van der Waals surface area contributed by atoms with E-state index < -0.39 is 0 Å². The molecule has 0 saturated carbocycles. The molecule has 0 unspecified atom stereocenters. The lowest BCUT2D eigenvalue weighted by molar-refractivity contribution is -0.115. The average Bonchev–Trinajstić information content (AvgIpc) is 2.97. The fourth-order valence-electron chi connectivity index (χ4n) is 2.42. The first kappa shape index (κ1) is 13.4. The summed E-state index contributed by atoms with van der Waals surface area (Å²) >= 11 is 0. The quantitative estimate of drug-likeness (QED) is 0.775. The van der Waals surface area contributed by atoms with Crippen LogP contribution in [0.5, 0.6) is 0 Å². The van der Waals surface area contributed by atoms with Crippen LogP contribution >= 0.6 is 0 Å². The van der Waals surface area contributed by atoms with Gasteiger partial charge in [0.2, 0.25) is 5.91 Å². The first-order valence-electron chi connectivity index (χ1n) is 6.82. The van der Waals surface area contributed by atoms with E-state index in [0.717, 1.165) is 39.2 Å². The summed E-state index contributed by atoms with van der Waals surface area (Å²) in [6.07, 6.45) is 1.93. The summed E-state index contributed by atoms with van der Waals surface area (Å²) in [5, 5.41) is 10.8. The second-order valence-corrected chi connectivity index (χ2v) is 5.29. The maximum Gasteiger partial charge on any atom is 0.229 e. The van der Waals surface area contributed by atoms with Crippen molar-refractivity contribution < 1.29 is 9.21 Å². The van der Waals surface area contributed by atoms with E-state index in [-0.39, 0.29) is 12.3 Å². The third kappa shape index (κ3) is 2.54. The molecule has 2 heterocycles. The van der Waals surface area contributed by atoms with Crippen LogP contribution in [0, 0.1) is 20.8 Å². The predicted octanol–water partition coefficient (Wildman–Crippen LogP) is 3.26. The molecule has 1 aromatic carbocycles. The van der Waals surface area contributed by atoms with Gasteiger partial charge >= 0.3 is 0 Å². The molecule has 0 radical (unpaired) electrons. The molecule has 108 valence electrons. The Balaban J connectivity index is 1.80. The second kappa shape index (κ2) is 5.09. The molecule has 2 aromatic heterocycles. The van der Waals surface area contributed by atoms with Crippen LogP contribution in [-0.4, -0.2) is 16.1 Å². The van der Waals surface area contributed by atoms with Crippen LogP contribution in [0.25, 0.3) is 11.0 Å². The highest BCUT2D eigenvalue weighted by Gasteiger charge is 2.13. The number of rotatable bonds is 3. The molecule has 1 amide bonds. The minimum atomic E-state index is -0.0779. The molecule has 21 heavy (non-hydrogen) atoms. The van der Waals surface area contributed by atoms with Crippen molar-refractivity contribution in [2.75, 3.05) is 5.32 Å². The number of furan rings is 1. The van der Waals surface area contributed by atoms with Gasteiger partial charge in [0.15, 0.2) is 0 Å². The molecule has 0 fully saturated rings. The fourth-order valence-corrected chi connectivity index (χ4v) is 2.42. The van der Waals surface area contributed by atoms with Gasteiger partial charge in [-0.1, -0.05) is 12.1 Å². The number of aromatic nitrogens is 2. The van der Waals surface area contributed by atoms with Crippen molar-refractivity contribution in [2.24, 2.45) is 0 Å². The summed E-state index contributed by atoms with van der Waals surface area (Å²) in [7, 11) is 0. The summed E-state index contributed by atoms with van der Waals surface area (Å²) in [6.45, 7) is 5.75. The van der Waals surface area contributed by atoms with Crippen molar-refractivity contribution in [2.45, 2.75) is 27.2 Å². The molecular formula is C16H17N3O2. The zero-order valence-corrected chi connectivity index (χ0v) is 12.3. The molecule has 5 nitrogen and oxygen atoms in total. The Morgan fingerprint density at radius 1 is 1.33 bits per heavy atom. The molecule has 0 aliphatic rings. The topological polar surface area (TPSA) is 70.9 Å². The van der Waals surface area contributed by atoms with Crippen molar-refractivity contribution >= 4 is 22.6 Å². The van der Waals surface area contributed by atoms with Crippen molar-refractivity contribution in [1.82, 2.24) is 10.2 Å². The molecule has 0 aliphatic carbocycles. The number of nitrogens with one attached hydrogen (secondary N) is 2. The van der Waals surface area contributed by atoms with E-state index in [2.05, 4.69) is 15.5 Å². The van der Waals surface area contributed by atoms with Gasteiger partial charge in [-0.2, -0.15) is 5.10 Å². The Labute approximate surface area is 122 Å². The lowest BCUT2D eigenvalue weighted by atomic mass is 10.1. The number of aryl methyl sites for hydroxylation is 3. The summed E-state index contributed by atoms with van der Waals surface area (Å²) in [4.78, 5) is 12.2. The van der Waals surface area contributed by atoms with Gasteiger partial charge in [0.05, 0.1) is 29.8 Å². The van der Waals surface area contributed by atoms with Crippen LogP contribution in [0.2, 0.25) is 0 Å². The van der Waals surface area contributed by atoms with Crippen molar-refractivity contribution in [1.29, 1.82) is 0 Å². The molecule has 0 atom stereocenters. The van der Waals surface area contributed by atoms with Gasteiger partial charge in [0.25, 0.3) is 0 Å². The monoisotopic (exact) mass is 283 g/mol. The van der Waals surface area contributed by atoms with Crippen LogP contribution in [0.3, 0.4) is 0 Å². The first-order chi connectivity index (χ1) is 10.0. The minimum absolute atomic E-state index is 0.0779. The van der Waals surface area contributed by atoms with Crippen LogP contribution in [-0.2, 0) is 11.2 Å². The van der Waals surface area contributed by atoms with Gasteiger partial charge in [0.1, 0.15) is 5.58 Å². The van der Waals surface area contributed by atoms with Crippen molar-refractivity contribution in [3.63, 3.8) is 0 Å². The molecule has 3 aromatic rings. The average molecular weight is 283 g/mol. The van der Waals surface area contributed by atoms with E-state index in [1.165, 1.54) is 0 Å². The van der Waals surface area contributed by atoms with Gasteiger partial charge < -0.3 is 9.73 Å². The number of fused-ring (bicyclic) bond motifs is 1. The number of benzene rings is 1. The second-order valence-electron chi connectivity index (χ2n) is 5.29. The van der Waals surface area contributed by atoms with Gasteiger partial charge in [-0.05, 0) is 32.4 Å². The standard InChI is InChI=1S/C16H17N3O2/c1-9-4-5-13-12(8-21-14(13)6-9)7-15(20)17-16-10(2)18-19-11(16)3/h4-6,8H,7H2,1-3H3,(H,17,20)(H,18,19). The largest absolute Gasteiger partial charge is 0.464 e. The smallest absolute Gasteiger partial charge is 0.229 e. The van der Waals surface area contributed by atoms with Crippen LogP contribution in [0.1, 0.15) is 22.5 Å². The van der Waals surface area contributed by atoms with E-state index in [1.807, 2.05) is 39.0 Å².